The number of imide groups is 1. The molecule has 1 aromatic carbocycles. The molecule has 3 aliphatic heterocycles. The van der Waals surface area contributed by atoms with Gasteiger partial charge in [-0.3, -0.25) is 24.8 Å². The number of carbonyl (C=O) groups excluding carboxylic acids is 3. The summed E-state index contributed by atoms with van der Waals surface area (Å²) < 4.78 is 2.32. The standard InChI is InChI=1S/C33H43N9O3.C7H4ClNO/c43-31-13-19-42(33(45)36-31)29-21-34-20-28-26(29)12-18-41(28)25-10-14-39(15-11-25)22-23-8-16-40(17-9-23)30-7-6-27(37-38-30)32(44)35-24-4-2-1-3-5-24;8-7-3-6(10)2-1-5(7)4-9/h6-7,12,18,20-21,23-25H,1-5,8-11,13-17,19,22H2,(H,35,44)(H,36,43,45);1-3,10H. The third kappa shape index (κ3) is 9.17. The number of urea groups is 1. The number of anilines is 2. The first-order valence-corrected chi connectivity index (χ1v) is 19.7. The quantitative estimate of drug-likeness (QED) is 0.209. The number of hydrogen-bond acceptors (Lipinski definition) is 10. The van der Waals surface area contributed by atoms with E-state index in [1.807, 2.05) is 24.4 Å². The highest BCUT2D eigenvalue weighted by molar-refractivity contribution is 6.31. The van der Waals surface area contributed by atoms with Crippen molar-refractivity contribution in [3.8, 4) is 11.8 Å². The molecule has 0 unspecified atom stereocenters. The fraction of sp³-hybridized carbons (Fsp3) is 0.475. The van der Waals surface area contributed by atoms with Crippen molar-refractivity contribution in [2.45, 2.75) is 76.3 Å². The number of hydrogen-bond donors (Lipinski definition) is 3. The summed E-state index contributed by atoms with van der Waals surface area (Å²) in [4.78, 5) is 47.7. The van der Waals surface area contributed by atoms with Gasteiger partial charge >= 0.3 is 6.03 Å². The summed E-state index contributed by atoms with van der Waals surface area (Å²) in [6.07, 6.45) is 16.1. The molecular weight excluding hydrogens is 720 g/mol. The second-order valence-corrected chi connectivity index (χ2v) is 15.3. The van der Waals surface area contributed by atoms with E-state index in [0.717, 1.165) is 93.7 Å². The third-order valence-corrected chi connectivity index (χ3v) is 11.6. The minimum absolute atomic E-state index is 0.0731. The van der Waals surface area contributed by atoms with Crippen LogP contribution in [0.2, 0.25) is 5.02 Å². The van der Waals surface area contributed by atoms with Crippen LogP contribution in [0.3, 0.4) is 0 Å². The maximum atomic E-state index is 12.6. The zero-order chi connectivity index (χ0) is 38.3. The topological polar surface area (TPSA) is 173 Å². The van der Waals surface area contributed by atoms with Gasteiger partial charge in [-0.2, -0.15) is 5.26 Å². The Bertz CT molecular complexity index is 2030. The molecule has 0 atom stereocenters. The fourth-order valence-electron chi connectivity index (χ4n) is 8.19. The lowest BCUT2D eigenvalue weighted by Gasteiger charge is -2.38. The monoisotopic (exact) mass is 766 g/mol. The number of benzene rings is 1. The van der Waals surface area contributed by atoms with Crippen LogP contribution in [0.1, 0.15) is 86.3 Å². The molecule has 4 aromatic rings. The number of pyridine rings is 1. The second-order valence-electron chi connectivity index (χ2n) is 14.9. The highest BCUT2D eigenvalue weighted by Crippen LogP contribution is 2.33. The lowest BCUT2D eigenvalue weighted by atomic mass is 9.94. The Morgan fingerprint density at radius 1 is 0.945 bits per heavy atom. The Kier molecular flexibility index (Phi) is 12.1. The summed E-state index contributed by atoms with van der Waals surface area (Å²) >= 11 is 5.55. The van der Waals surface area contributed by atoms with Crippen LogP contribution in [0.5, 0.6) is 5.75 Å². The van der Waals surface area contributed by atoms with Crippen molar-refractivity contribution in [1.29, 1.82) is 5.26 Å². The lowest BCUT2D eigenvalue weighted by molar-refractivity contribution is -0.120. The molecule has 1 aliphatic carbocycles. The van der Waals surface area contributed by atoms with E-state index in [1.54, 1.807) is 11.1 Å². The number of phenols is 1. The van der Waals surface area contributed by atoms with Crippen LogP contribution in [0.15, 0.2) is 55.0 Å². The average molecular weight is 767 g/mol. The second kappa shape index (κ2) is 17.5. The highest BCUT2D eigenvalue weighted by atomic mass is 35.5. The van der Waals surface area contributed by atoms with E-state index in [4.69, 9.17) is 22.0 Å². The molecule has 14 nitrogen and oxygen atoms in total. The van der Waals surface area contributed by atoms with Crippen molar-refractivity contribution in [2.24, 2.45) is 5.92 Å². The van der Waals surface area contributed by atoms with Crippen molar-refractivity contribution in [2.75, 3.05) is 49.1 Å². The molecule has 288 valence electrons. The van der Waals surface area contributed by atoms with Gasteiger partial charge in [0, 0.05) is 69.4 Å². The SMILES string of the molecule is N#Cc1ccc(O)cc1Cl.O=C1CCN(c2cncc3c2ccn3C2CCN(CC3CCN(c4ccc(C(=O)NC5CCCCC5)nn4)CC3)CC2)C(=O)N1. The van der Waals surface area contributed by atoms with Crippen LogP contribution in [0, 0.1) is 17.2 Å². The molecule has 4 amide bonds. The fourth-order valence-corrected chi connectivity index (χ4v) is 8.41. The summed E-state index contributed by atoms with van der Waals surface area (Å²) in [6, 6.07) is 12.2. The third-order valence-electron chi connectivity index (χ3n) is 11.3. The van der Waals surface area contributed by atoms with Crippen molar-refractivity contribution in [1.82, 2.24) is 35.3 Å². The molecule has 55 heavy (non-hydrogen) atoms. The molecule has 3 N–H and O–H groups in total. The number of nitrogens with zero attached hydrogens (tertiary/aromatic N) is 8. The number of halogens is 1. The van der Waals surface area contributed by atoms with Crippen molar-refractivity contribution in [3.63, 3.8) is 0 Å². The van der Waals surface area contributed by atoms with E-state index < -0.39 is 0 Å². The van der Waals surface area contributed by atoms with E-state index >= 15 is 0 Å². The number of aromatic hydroxyl groups is 1. The molecule has 0 radical (unpaired) electrons. The van der Waals surface area contributed by atoms with Gasteiger partial charge in [0.15, 0.2) is 11.5 Å². The molecule has 15 heteroatoms. The number of fused-ring (bicyclic) bond motifs is 1. The van der Waals surface area contributed by atoms with Crippen molar-refractivity contribution < 1.29 is 19.5 Å². The maximum absolute atomic E-state index is 12.6. The largest absolute Gasteiger partial charge is 0.508 e. The molecule has 8 rings (SSSR count). The summed E-state index contributed by atoms with van der Waals surface area (Å²) in [6.45, 7) is 5.52. The Labute approximate surface area is 325 Å². The Morgan fingerprint density at radius 3 is 2.42 bits per heavy atom. The van der Waals surface area contributed by atoms with E-state index in [1.165, 1.54) is 37.5 Å². The van der Waals surface area contributed by atoms with E-state index in [-0.39, 0.29) is 34.7 Å². The summed E-state index contributed by atoms with van der Waals surface area (Å²) in [5, 5.41) is 32.7. The molecule has 0 bridgehead atoms. The van der Waals surface area contributed by atoms with Crippen LogP contribution in [-0.4, -0.2) is 92.9 Å². The number of nitriles is 1. The van der Waals surface area contributed by atoms with E-state index in [9.17, 15) is 14.4 Å². The highest BCUT2D eigenvalue weighted by Gasteiger charge is 2.29. The predicted molar refractivity (Wildman–Crippen MR) is 209 cm³/mol. The van der Waals surface area contributed by atoms with Gasteiger partial charge in [-0.15, -0.1) is 10.2 Å². The Balaban J connectivity index is 0.000000406. The molecule has 1 saturated carbocycles. The number of rotatable bonds is 7. The molecule has 0 spiro atoms. The Morgan fingerprint density at radius 2 is 1.73 bits per heavy atom. The first-order chi connectivity index (χ1) is 26.7. The number of amides is 4. The van der Waals surface area contributed by atoms with Gasteiger partial charge in [0.25, 0.3) is 5.91 Å². The molecule has 6 heterocycles. The van der Waals surface area contributed by atoms with Crippen LogP contribution >= 0.6 is 11.6 Å². The van der Waals surface area contributed by atoms with Gasteiger partial charge < -0.3 is 24.8 Å². The van der Waals surface area contributed by atoms with Crippen LogP contribution in [-0.2, 0) is 4.79 Å². The Hall–Kier alpha value is -5.26. The van der Waals surface area contributed by atoms with Gasteiger partial charge in [0.2, 0.25) is 5.91 Å². The first kappa shape index (κ1) is 38.0. The molecule has 4 aliphatic rings. The van der Waals surface area contributed by atoms with E-state index in [2.05, 4.69) is 52.4 Å². The molecule has 4 fully saturated rings. The van der Waals surface area contributed by atoms with Gasteiger partial charge in [0.05, 0.1) is 34.2 Å². The predicted octanol–water partition coefficient (Wildman–Crippen LogP) is 5.81. The summed E-state index contributed by atoms with van der Waals surface area (Å²) in [5.41, 5.74) is 2.56. The van der Waals surface area contributed by atoms with Gasteiger partial charge in [0.1, 0.15) is 11.8 Å². The van der Waals surface area contributed by atoms with Crippen LogP contribution in [0.4, 0.5) is 16.3 Å². The zero-order valence-corrected chi connectivity index (χ0v) is 31.6. The van der Waals surface area contributed by atoms with Crippen molar-refractivity contribution >= 4 is 51.9 Å². The number of nitrogens with one attached hydrogen (secondary N) is 2. The van der Waals surface area contributed by atoms with Gasteiger partial charge in [-0.1, -0.05) is 30.9 Å². The maximum Gasteiger partial charge on any atom is 0.328 e. The molecular formula is C40H47ClN10O4. The number of phenolic OH excluding ortho intramolecular Hbond substituents is 1. The van der Waals surface area contributed by atoms with Gasteiger partial charge in [-0.05, 0) is 80.8 Å². The zero-order valence-electron chi connectivity index (χ0n) is 30.9. The van der Waals surface area contributed by atoms with Crippen LogP contribution in [0.25, 0.3) is 10.9 Å². The summed E-state index contributed by atoms with van der Waals surface area (Å²) in [5.74, 6) is 1.24. The smallest absolute Gasteiger partial charge is 0.328 e. The minimum atomic E-state index is -0.382. The average Bonchev–Trinajstić information content (AvgIpc) is 3.64. The number of aromatic nitrogens is 4. The number of likely N-dealkylation sites (tertiary alicyclic amines) is 1. The first-order valence-electron chi connectivity index (χ1n) is 19.3. The minimum Gasteiger partial charge on any atom is -0.508 e. The van der Waals surface area contributed by atoms with E-state index in [0.29, 0.717) is 36.2 Å². The molecule has 3 aromatic heterocycles. The number of piperidine rings is 2. The van der Waals surface area contributed by atoms with Crippen molar-refractivity contribution in [3.05, 3.63) is 71.3 Å². The number of carbonyl (C=O) groups is 3. The summed E-state index contributed by atoms with van der Waals surface area (Å²) in [7, 11) is 0. The lowest BCUT2D eigenvalue weighted by Crippen LogP contribution is -2.49. The van der Waals surface area contributed by atoms with Crippen LogP contribution < -0.4 is 20.4 Å². The van der Waals surface area contributed by atoms with Gasteiger partial charge in [-0.25, -0.2) is 4.79 Å². The molecule has 3 saturated heterocycles. The normalized spacial score (nSPS) is 19.1.